The zero-order valence-corrected chi connectivity index (χ0v) is 11.1. The first kappa shape index (κ1) is 14.5. The number of amides is 1. The molecule has 1 saturated carbocycles. The van der Waals surface area contributed by atoms with E-state index in [2.05, 4.69) is 19.2 Å². The molecular weight excluding hydrogens is 216 g/mol. The third-order valence-corrected chi connectivity index (χ3v) is 3.10. The summed E-state index contributed by atoms with van der Waals surface area (Å²) in [5, 5.41) is 2.90. The number of hydrogen-bond donors (Lipinski definition) is 2. The normalized spacial score (nSPS) is 17.9. The van der Waals surface area contributed by atoms with Gasteiger partial charge in [0.2, 0.25) is 5.91 Å². The van der Waals surface area contributed by atoms with Crippen LogP contribution in [0, 0.1) is 5.92 Å². The molecule has 1 aliphatic carbocycles. The number of nitrogens with one attached hydrogen (secondary N) is 1. The van der Waals surface area contributed by atoms with Crippen molar-refractivity contribution in [3.05, 3.63) is 0 Å². The summed E-state index contributed by atoms with van der Waals surface area (Å²) in [5.74, 6) is 0.649. The van der Waals surface area contributed by atoms with E-state index in [9.17, 15) is 4.79 Å². The molecule has 1 rings (SSSR count). The molecule has 0 unspecified atom stereocenters. The van der Waals surface area contributed by atoms with Crippen LogP contribution in [0.3, 0.4) is 0 Å². The van der Waals surface area contributed by atoms with Crippen molar-refractivity contribution in [1.29, 1.82) is 0 Å². The predicted octanol–water partition coefficient (Wildman–Crippen LogP) is 1.44. The maximum atomic E-state index is 11.6. The minimum Gasteiger partial charge on any atom is -0.381 e. The lowest BCUT2D eigenvalue weighted by molar-refractivity contribution is -0.123. The van der Waals surface area contributed by atoms with Gasteiger partial charge in [0, 0.05) is 31.7 Å². The molecule has 0 spiro atoms. The monoisotopic (exact) mass is 242 g/mol. The van der Waals surface area contributed by atoms with Gasteiger partial charge < -0.3 is 15.8 Å². The van der Waals surface area contributed by atoms with E-state index in [1.165, 1.54) is 0 Å². The molecule has 0 radical (unpaired) electrons. The molecule has 0 bridgehead atoms. The summed E-state index contributed by atoms with van der Waals surface area (Å²) in [6.45, 7) is 6.45. The standard InChI is InChI=1S/C13H26N2O2/c1-11(2)10-17-8-4-7-15-12(16)9-13(14)5-3-6-13/h11H,3-10,14H2,1-2H3,(H,15,16). The van der Waals surface area contributed by atoms with Crippen LogP contribution in [0.5, 0.6) is 0 Å². The van der Waals surface area contributed by atoms with E-state index in [0.29, 0.717) is 25.5 Å². The number of carbonyl (C=O) groups excluding carboxylic acids is 1. The Morgan fingerprint density at radius 2 is 2.18 bits per heavy atom. The summed E-state index contributed by atoms with van der Waals surface area (Å²) >= 11 is 0. The summed E-state index contributed by atoms with van der Waals surface area (Å²) < 4.78 is 5.43. The SMILES string of the molecule is CC(C)COCCCNC(=O)CC1(N)CCC1. The van der Waals surface area contributed by atoms with Crippen molar-refractivity contribution in [3.8, 4) is 0 Å². The summed E-state index contributed by atoms with van der Waals surface area (Å²) in [6, 6.07) is 0. The largest absolute Gasteiger partial charge is 0.381 e. The van der Waals surface area contributed by atoms with Gasteiger partial charge >= 0.3 is 0 Å². The van der Waals surface area contributed by atoms with Crippen LogP contribution in [0.15, 0.2) is 0 Å². The summed E-state index contributed by atoms with van der Waals surface area (Å²) in [5.41, 5.74) is 5.79. The Balaban J connectivity index is 1.93. The smallest absolute Gasteiger partial charge is 0.221 e. The van der Waals surface area contributed by atoms with Crippen LogP contribution in [-0.4, -0.2) is 31.2 Å². The van der Waals surface area contributed by atoms with Crippen molar-refractivity contribution < 1.29 is 9.53 Å². The first-order valence-electron chi connectivity index (χ1n) is 6.65. The Morgan fingerprint density at radius 1 is 1.47 bits per heavy atom. The molecule has 0 heterocycles. The number of ether oxygens (including phenoxy) is 1. The van der Waals surface area contributed by atoms with E-state index < -0.39 is 0 Å². The van der Waals surface area contributed by atoms with Gasteiger partial charge in [-0.25, -0.2) is 0 Å². The van der Waals surface area contributed by atoms with Crippen LogP contribution in [0.25, 0.3) is 0 Å². The van der Waals surface area contributed by atoms with Crippen molar-refractivity contribution in [3.63, 3.8) is 0 Å². The zero-order valence-electron chi connectivity index (χ0n) is 11.1. The number of carbonyl (C=O) groups is 1. The Kier molecular flexibility index (Phi) is 5.92. The van der Waals surface area contributed by atoms with Gasteiger partial charge in [0.1, 0.15) is 0 Å². The molecule has 100 valence electrons. The van der Waals surface area contributed by atoms with E-state index in [1.54, 1.807) is 0 Å². The van der Waals surface area contributed by atoms with E-state index in [-0.39, 0.29) is 11.4 Å². The second-order valence-electron chi connectivity index (χ2n) is 5.56. The second kappa shape index (κ2) is 6.97. The highest BCUT2D eigenvalue weighted by Crippen LogP contribution is 2.31. The first-order chi connectivity index (χ1) is 8.02. The van der Waals surface area contributed by atoms with E-state index in [0.717, 1.165) is 32.3 Å². The molecule has 0 atom stereocenters. The average molecular weight is 242 g/mol. The minimum atomic E-state index is -0.210. The van der Waals surface area contributed by atoms with Crippen molar-refractivity contribution in [1.82, 2.24) is 5.32 Å². The van der Waals surface area contributed by atoms with Crippen molar-refractivity contribution >= 4 is 5.91 Å². The lowest BCUT2D eigenvalue weighted by Gasteiger charge is -2.37. The number of hydrogen-bond acceptors (Lipinski definition) is 3. The molecule has 0 saturated heterocycles. The summed E-state index contributed by atoms with van der Waals surface area (Å²) in [6.07, 6.45) is 4.47. The lowest BCUT2D eigenvalue weighted by atomic mass is 9.75. The minimum absolute atomic E-state index is 0.0797. The topological polar surface area (TPSA) is 64.3 Å². The highest BCUT2D eigenvalue weighted by molar-refractivity contribution is 5.77. The molecule has 4 heteroatoms. The second-order valence-corrected chi connectivity index (χ2v) is 5.56. The van der Waals surface area contributed by atoms with Crippen molar-refractivity contribution in [2.24, 2.45) is 11.7 Å². The molecule has 1 amide bonds. The van der Waals surface area contributed by atoms with Crippen LogP contribution < -0.4 is 11.1 Å². The molecule has 3 N–H and O–H groups in total. The molecule has 0 aromatic rings. The lowest BCUT2D eigenvalue weighted by Crippen LogP contribution is -2.50. The Hall–Kier alpha value is -0.610. The molecular formula is C13H26N2O2. The molecule has 17 heavy (non-hydrogen) atoms. The van der Waals surface area contributed by atoms with Crippen molar-refractivity contribution in [2.45, 2.75) is 51.5 Å². The van der Waals surface area contributed by atoms with Gasteiger partial charge in [-0.05, 0) is 31.6 Å². The van der Waals surface area contributed by atoms with Gasteiger partial charge in [-0.2, -0.15) is 0 Å². The van der Waals surface area contributed by atoms with Crippen LogP contribution >= 0.6 is 0 Å². The first-order valence-corrected chi connectivity index (χ1v) is 6.65. The summed E-state index contributed by atoms with van der Waals surface area (Å²) in [7, 11) is 0. The van der Waals surface area contributed by atoms with Gasteiger partial charge in [0.05, 0.1) is 0 Å². The Bertz CT molecular complexity index is 238. The number of rotatable bonds is 8. The third-order valence-electron chi connectivity index (χ3n) is 3.10. The van der Waals surface area contributed by atoms with Gasteiger partial charge in [-0.3, -0.25) is 4.79 Å². The van der Waals surface area contributed by atoms with Crippen LogP contribution in [-0.2, 0) is 9.53 Å². The van der Waals surface area contributed by atoms with Gasteiger partial charge in [0.25, 0.3) is 0 Å². The quantitative estimate of drug-likeness (QED) is 0.633. The van der Waals surface area contributed by atoms with Crippen LogP contribution in [0.2, 0.25) is 0 Å². The Labute approximate surface area is 104 Å². The summed E-state index contributed by atoms with van der Waals surface area (Å²) in [4.78, 5) is 11.6. The van der Waals surface area contributed by atoms with Crippen LogP contribution in [0.1, 0.15) is 46.0 Å². The van der Waals surface area contributed by atoms with Crippen LogP contribution in [0.4, 0.5) is 0 Å². The van der Waals surface area contributed by atoms with Crippen molar-refractivity contribution in [2.75, 3.05) is 19.8 Å². The highest BCUT2D eigenvalue weighted by Gasteiger charge is 2.34. The predicted molar refractivity (Wildman–Crippen MR) is 68.7 cm³/mol. The third kappa shape index (κ3) is 6.03. The Morgan fingerprint density at radius 3 is 2.71 bits per heavy atom. The fourth-order valence-corrected chi connectivity index (χ4v) is 1.91. The van der Waals surface area contributed by atoms with E-state index in [4.69, 9.17) is 10.5 Å². The van der Waals surface area contributed by atoms with Gasteiger partial charge in [0.15, 0.2) is 0 Å². The molecule has 0 aromatic carbocycles. The molecule has 0 aromatic heterocycles. The molecule has 0 aliphatic heterocycles. The maximum Gasteiger partial charge on any atom is 0.221 e. The molecule has 1 fully saturated rings. The number of nitrogens with two attached hydrogens (primary N) is 1. The highest BCUT2D eigenvalue weighted by atomic mass is 16.5. The fraction of sp³-hybridized carbons (Fsp3) is 0.923. The zero-order chi connectivity index (χ0) is 12.7. The van der Waals surface area contributed by atoms with E-state index in [1.807, 2.05) is 0 Å². The van der Waals surface area contributed by atoms with Gasteiger partial charge in [-0.15, -0.1) is 0 Å². The van der Waals surface area contributed by atoms with Gasteiger partial charge in [-0.1, -0.05) is 13.8 Å². The van der Waals surface area contributed by atoms with E-state index >= 15 is 0 Å². The average Bonchev–Trinajstić information content (AvgIpc) is 2.20. The fourth-order valence-electron chi connectivity index (χ4n) is 1.91. The molecule has 1 aliphatic rings. The maximum absolute atomic E-state index is 11.6. The molecule has 4 nitrogen and oxygen atoms in total.